The zero-order valence-corrected chi connectivity index (χ0v) is 7.08. The van der Waals surface area contributed by atoms with E-state index in [1.54, 1.807) is 6.20 Å². The van der Waals surface area contributed by atoms with Crippen molar-refractivity contribution in [3.8, 4) is 0 Å². The highest BCUT2D eigenvalue weighted by Gasteiger charge is 1.85. The van der Waals surface area contributed by atoms with E-state index in [2.05, 4.69) is 20.9 Å². The minimum absolute atomic E-state index is 0.895. The van der Waals surface area contributed by atoms with Gasteiger partial charge in [0.25, 0.3) is 0 Å². The van der Waals surface area contributed by atoms with Crippen LogP contribution in [0.2, 0.25) is 0 Å². The van der Waals surface area contributed by atoms with Crippen molar-refractivity contribution in [1.82, 2.24) is 4.98 Å². The minimum atomic E-state index is 0.895. The van der Waals surface area contributed by atoms with Crippen molar-refractivity contribution in [3.63, 3.8) is 0 Å². The van der Waals surface area contributed by atoms with Gasteiger partial charge in [0.05, 0.1) is 0 Å². The first-order valence-electron chi connectivity index (χ1n) is 3.08. The second-order valence-corrected chi connectivity index (χ2v) is 2.42. The van der Waals surface area contributed by atoms with Crippen LogP contribution in [0.1, 0.15) is 5.69 Å². The summed E-state index contributed by atoms with van der Waals surface area (Å²) in [7, 11) is 0. The summed E-state index contributed by atoms with van der Waals surface area (Å²) in [5.41, 5.74) is 1.10. The summed E-state index contributed by atoms with van der Waals surface area (Å²) in [6.45, 7) is 0. The van der Waals surface area contributed by atoms with Crippen molar-refractivity contribution in [1.29, 1.82) is 0 Å². The molecule has 1 nitrogen and oxygen atoms in total. The molecule has 1 rings (SSSR count). The third-order valence-corrected chi connectivity index (χ3v) is 1.52. The summed E-state index contributed by atoms with van der Waals surface area (Å²) < 4.78 is 0. The zero-order chi connectivity index (χ0) is 7.23. The first-order valence-corrected chi connectivity index (χ1v) is 4.00. The van der Waals surface area contributed by atoms with Gasteiger partial charge in [-0.3, -0.25) is 4.98 Å². The van der Waals surface area contributed by atoms with Crippen LogP contribution in [0.15, 0.2) is 35.5 Å². The summed E-state index contributed by atoms with van der Waals surface area (Å²) >= 11 is 3.20. The highest BCUT2D eigenvalue weighted by Crippen LogP contribution is 1.96. The molecule has 0 spiro atoms. The molecule has 1 heterocycles. The van der Waals surface area contributed by atoms with E-state index in [0.717, 1.165) is 12.1 Å². The van der Waals surface area contributed by atoms with Crippen LogP contribution in [0.25, 0.3) is 0 Å². The van der Waals surface area contributed by atoms with Gasteiger partial charge in [0.1, 0.15) is 0 Å². The minimum Gasteiger partial charge on any atom is -0.261 e. The van der Waals surface area contributed by atoms with Crippen molar-refractivity contribution >= 4 is 15.9 Å². The summed E-state index contributed by atoms with van der Waals surface area (Å²) in [5, 5.41) is 0. The number of nitrogens with zero attached hydrogens (tertiary/aromatic N) is 1. The summed E-state index contributed by atoms with van der Waals surface area (Å²) in [6, 6.07) is 5.92. The van der Waals surface area contributed by atoms with Gasteiger partial charge in [0.15, 0.2) is 0 Å². The Balaban J connectivity index is 2.59. The van der Waals surface area contributed by atoms with Gasteiger partial charge in [0, 0.05) is 18.3 Å². The predicted octanol–water partition coefficient (Wildman–Crippen LogP) is 2.53. The fourth-order valence-electron chi connectivity index (χ4n) is 0.684. The van der Waals surface area contributed by atoms with Crippen LogP contribution < -0.4 is 0 Å². The van der Waals surface area contributed by atoms with Crippen LogP contribution >= 0.6 is 15.9 Å². The number of allylic oxidation sites excluding steroid dienone is 1. The molecule has 0 saturated heterocycles. The van der Waals surface area contributed by atoms with E-state index in [1.165, 1.54) is 0 Å². The Morgan fingerprint density at radius 1 is 1.50 bits per heavy atom. The molecule has 1 aromatic heterocycles. The van der Waals surface area contributed by atoms with Crippen molar-refractivity contribution in [3.05, 3.63) is 41.2 Å². The number of rotatable bonds is 2. The highest BCUT2D eigenvalue weighted by molar-refractivity contribution is 9.11. The quantitative estimate of drug-likeness (QED) is 0.711. The summed E-state index contributed by atoms with van der Waals surface area (Å²) in [4.78, 5) is 5.99. The van der Waals surface area contributed by atoms with Gasteiger partial charge in [-0.1, -0.05) is 28.1 Å². The predicted molar refractivity (Wildman–Crippen MR) is 46.0 cm³/mol. The average molecular weight is 198 g/mol. The molecule has 0 fully saturated rings. The molecule has 0 N–H and O–H groups in total. The van der Waals surface area contributed by atoms with Gasteiger partial charge in [-0.25, -0.2) is 0 Å². The Labute approximate surface area is 68.9 Å². The van der Waals surface area contributed by atoms with Crippen molar-refractivity contribution in [2.24, 2.45) is 0 Å². The van der Waals surface area contributed by atoms with E-state index >= 15 is 0 Å². The lowest BCUT2D eigenvalue weighted by atomic mass is 10.3. The standard InChI is InChI=1S/C8H8BrN/c9-6-3-5-8-4-1-2-7-10-8/h1-4,6-7H,5H2. The van der Waals surface area contributed by atoms with Gasteiger partial charge >= 0.3 is 0 Å². The topological polar surface area (TPSA) is 12.9 Å². The molecular formula is C8H8BrN. The Morgan fingerprint density at radius 2 is 2.40 bits per heavy atom. The van der Waals surface area contributed by atoms with E-state index < -0.39 is 0 Å². The molecule has 2 heteroatoms. The molecule has 1 aromatic rings. The molecule has 0 aromatic carbocycles. The van der Waals surface area contributed by atoms with E-state index in [9.17, 15) is 0 Å². The molecule has 0 aliphatic carbocycles. The maximum Gasteiger partial charge on any atom is 0.0441 e. The summed E-state index contributed by atoms with van der Waals surface area (Å²) in [5.74, 6) is 0. The summed E-state index contributed by atoms with van der Waals surface area (Å²) in [6.07, 6.45) is 4.71. The van der Waals surface area contributed by atoms with Crippen molar-refractivity contribution in [2.45, 2.75) is 6.42 Å². The maximum absolute atomic E-state index is 4.14. The van der Waals surface area contributed by atoms with Gasteiger partial charge < -0.3 is 0 Å². The molecule has 0 aliphatic rings. The lowest BCUT2D eigenvalue weighted by Crippen LogP contribution is -1.83. The molecule has 52 valence electrons. The van der Waals surface area contributed by atoms with Gasteiger partial charge in [-0.15, -0.1) is 0 Å². The smallest absolute Gasteiger partial charge is 0.0441 e. The Bertz CT molecular complexity index is 206. The maximum atomic E-state index is 4.14. The molecule has 10 heavy (non-hydrogen) atoms. The first-order chi connectivity index (χ1) is 4.93. The first kappa shape index (κ1) is 7.48. The van der Waals surface area contributed by atoms with Gasteiger partial charge in [0.2, 0.25) is 0 Å². The molecule has 0 amide bonds. The Kier molecular flexibility index (Phi) is 3.16. The van der Waals surface area contributed by atoms with E-state index in [-0.39, 0.29) is 0 Å². The Morgan fingerprint density at radius 3 is 3.00 bits per heavy atom. The average Bonchev–Trinajstić information content (AvgIpc) is 2.03. The van der Waals surface area contributed by atoms with E-state index in [1.807, 2.05) is 29.3 Å². The number of pyridine rings is 1. The molecule has 0 radical (unpaired) electrons. The zero-order valence-electron chi connectivity index (χ0n) is 5.50. The van der Waals surface area contributed by atoms with E-state index in [4.69, 9.17) is 0 Å². The Hall–Kier alpha value is -0.630. The van der Waals surface area contributed by atoms with Gasteiger partial charge in [-0.05, 0) is 17.1 Å². The number of hydrogen-bond donors (Lipinski definition) is 0. The number of hydrogen-bond acceptors (Lipinski definition) is 1. The van der Waals surface area contributed by atoms with Crippen LogP contribution in [-0.2, 0) is 6.42 Å². The third-order valence-electron chi connectivity index (χ3n) is 1.14. The third kappa shape index (κ3) is 2.31. The van der Waals surface area contributed by atoms with Crippen LogP contribution in [0.3, 0.4) is 0 Å². The van der Waals surface area contributed by atoms with Crippen LogP contribution in [0.5, 0.6) is 0 Å². The molecule has 0 bridgehead atoms. The molecule has 0 unspecified atom stereocenters. The van der Waals surface area contributed by atoms with Crippen LogP contribution in [-0.4, -0.2) is 4.98 Å². The van der Waals surface area contributed by atoms with Crippen molar-refractivity contribution < 1.29 is 0 Å². The largest absolute Gasteiger partial charge is 0.261 e. The monoisotopic (exact) mass is 197 g/mol. The number of aromatic nitrogens is 1. The molecular weight excluding hydrogens is 190 g/mol. The van der Waals surface area contributed by atoms with E-state index in [0.29, 0.717) is 0 Å². The second-order valence-electron chi connectivity index (χ2n) is 1.89. The highest BCUT2D eigenvalue weighted by atomic mass is 79.9. The van der Waals surface area contributed by atoms with Gasteiger partial charge in [-0.2, -0.15) is 0 Å². The SMILES string of the molecule is BrC=CCc1ccccn1. The number of halogens is 1. The van der Waals surface area contributed by atoms with Crippen LogP contribution in [0.4, 0.5) is 0 Å². The second kappa shape index (κ2) is 4.23. The fourth-order valence-corrected chi connectivity index (χ4v) is 0.871. The lowest BCUT2D eigenvalue weighted by molar-refractivity contribution is 1.11. The van der Waals surface area contributed by atoms with Crippen LogP contribution in [0, 0.1) is 0 Å². The normalized spacial score (nSPS) is 10.5. The molecule has 0 aliphatic heterocycles. The lowest BCUT2D eigenvalue weighted by Gasteiger charge is -1.90. The fraction of sp³-hybridized carbons (Fsp3) is 0.125. The molecule has 0 atom stereocenters. The van der Waals surface area contributed by atoms with Crippen molar-refractivity contribution in [2.75, 3.05) is 0 Å². The molecule has 0 saturated carbocycles.